The highest BCUT2D eigenvalue weighted by molar-refractivity contribution is 7.32. The Morgan fingerprint density at radius 1 is 0.939 bits per heavy atom. The maximum Gasteiger partial charge on any atom is 0.330 e. The number of aromatic amines is 1. The van der Waals surface area contributed by atoms with E-state index in [-0.39, 0.29) is 18.5 Å². The van der Waals surface area contributed by atoms with Crippen molar-refractivity contribution in [2.45, 2.75) is 160 Å². The largest absolute Gasteiger partial charge is 0.453 e. The summed E-state index contributed by atoms with van der Waals surface area (Å²) in [7, 11) is -3.42. The van der Waals surface area contributed by atoms with Crippen molar-refractivity contribution in [2.75, 3.05) is 19.8 Å². The fourth-order valence-corrected chi connectivity index (χ4v) is 6.41. The van der Waals surface area contributed by atoms with Gasteiger partial charge in [-0.15, -0.1) is 0 Å². The molecule has 1 fully saturated rings. The third-order valence-corrected chi connectivity index (χ3v) is 9.14. The molecular formula is C34H60N3O11P. The Hall–Kier alpha value is -2.35. The van der Waals surface area contributed by atoms with Gasteiger partial charge < -0.3 is 34.1 Å². The Bertz CT molecular complexity index is 1210. The fourth-order valence-electron chi connectivity index (χ4n) is 5.89. The van der Waals surface area contributed by atoms with Crippen LogP contribution in [0.25, 0.3) is 0 Å². The Balaban J connectivity index is 1.56. The van der Waals surface area contributed by atoms with Crippen molar-refractivity contribution in [2.24, 2.45) is 0 Å². The highest BCUT2D eigenvalue weighted by atomic mass is 31.1. The molecule has 1 saturated heterocycles. The Kier molecular flexibility index (Phi) is 22.3. The summed E-state index contributed by atoms with van der Waals surface area (Å²) in [6, 6.07) is 1.13. The molecule has 0 radical (unpaired) electrons. The van der Waals surface area contributed by atoms with E-state index in [4.69, 9.17) is 18.7 Å². The second-order valence-electron chi connectivity index (χ2n) is 12.8. The molecule has 3 unspecified atom stereocenters. The van der Waals surface area contributed by atoms with Crippen molar-refractivity contribution in [3.05, 3.63) is 33.1 Å². The molecule has 0 aromatic carbocycles. The summed E-state index contributed by atoms with van der Waals surface area (Å²) in [4.78, 5) is 59.9. The normalized spacial score (nSPS) is 20.2. The van der Waals surface area contributed by atoms with Gasteiger partial charge in [0.15, 0.2) is 12.3 Å². The van der Waals surface area contributed by atoms with E-state index in [1.54, 1.807) is 6.92 Å². The quantitative estimate of drug-likeness (QED) is 0.0534. The smallest absolute Gasteiger partial charge is 0.330 e. The molecule has 2 rings (SSSR count). The maximum atomic E-state index is 12.4. The maximum absolute atomic E-state index is 12.4. The SMILES string of the molecule is CCCCCCCCCCCCCCCC(=O)OC(C)C(=O)NCCCCCCOC1[C@@H](O[PH](=O)O)[C@@H](CO)O[C@H]1n1ccc(=O)[nH]c1=O. The number of nitrogens with zero attached hydrogens (tertiary/aromatic N) is 1. The van der Waals surface area contributed by atoms with Crippen LogP contribution in [-0.2, 0) is 32.9 Å². The van der Waals surface area contributed by atoms with Crippen molar-refractivity contribution in [1.82, 2.24) is 14.9 Å². The predicted octanol–water partition coefficient (Wildman–Crippen LogP) is 4.67. The van der Waals surface area contributed by atoms with Crippen LogP contribution in [0.3, 0.4) is 0 Å². The molecule has 49 heavy (non-hydrogen) atoms. The van der Waals surface area contributed by atoms with E-state index in [1.165, 1.54) is 70.4 Å². The van der Waals surface area contributed by atoms with Gasteiger partial charge in [-0.1, -0.05) is 96.8 Å². The number of carbonyl (C=O) groups excluding carboxylic acids is 2. The van der Waals surface area contributed by atoms with Crippen molar-refractivity contribution < 1.29 is 42.9 Å². The molecule has 1 aromatic rings. The summed E-state index contributed by atoms with van der Waals surface area (Å²) in [5.41, 5.74) is -1.36. The lowest BCUT2D eigenvalue weighted by Crippen LogP contribution is -2.40. The first-order valence-corrected chi connectivity index (χ1v) is 19.5. The second-order valence-corrected chi connectivity index (χ2v) is 13.5. The van der Waals surface area contributed by atoms with Gasteiger partial charge in [-0.25, -0.2) is 4.79 Å². The number of amides is 1. The van der Waals surface area contributed by atoms with Crippen LogP contribution in [0.15, 0.2) is 21.9 Å². The average Bonchev–Trinajstić information content (AvgIpc) is 3.40. The minimum atomic E-state index is -3.42. The van der Waals surface area contributed by atoms with Crippen LogP contribution in [0, 0.1) is 0 Å². The van der Waals surface area contributed by atoms with E-state index in [0.717, 1.165) is 42.7 Å². The van der Waals surface area contributed by atoms with Gasteiger partial charge in [0.05, 0.1) is 6.61 Å². The monoisotopic (exact) mass is 717 g/mol. The summed E-state index contributed by atoms with van der Waals surface area (Å²) in [5, 5.41) is 12.5. The number of hydrogen-bond acceptors (Lipinski definition) is 10. The van der Waals surface area contributed by atoms with Crippen LogP contribution in [0.1, 0.15) is 136 Å². The van der Waals surface area contributed by atoms with Crippen LogP contribution in [0.2, 0.25) is 0 Å². The number of H-pyrrole nitrogens is 1. The molecule has 0 spiro atoms. The first-order chi connectivity index (χ1) is 23.7. The number of ether oxygens (including phenoxy) is 3. The molecule has 0 aliphatic carbocycles. The van der Waals surface area contributed by atoms with Crippen molar-refractivity contribution in [3.63, 3.8) is 0 Å². The molecule has 2 heterocycles. The van der Waals surface area contributed by atoms with Crippen LogP contribution in [0.4, 0.5) is 0 Å². The van der Waals surface area contributed by atoms with Crippen LogP contribution < -0.4 is 16.6 Å². The topological polar surface area (TPSA) is 195 Å². The van der Waals surface area contributed by atoms with E-state index in [0.29, 0.717) is 25.8 Å². The Morgan fingerprint density at radius 2 is 1.53 bits per heavy atom. The zero-order valence-electron chi connectivity index (χ0n) is 29.4. The molecule has 1 aliphatic rings. The average molecular weight is 718 g/mol. The molecule has 4 N–H and O–H groups in total. The lowest BCUT2D eigenvalue weighted by Gasteiger charge is -2.24. The molecular weight excluding hydrogens is 657 g/mol. The zero-order chi connectivity index (χ0) is 35.9. The molecule has 0 bridgehead atoms. The van der Waals surface area contributed by atoms with Gasteiger partial charge in [-0.2, -0.15) is 0 Å². The van der Waals surface area contributed by atoms with Crippen molar-refractivity contribution in [3.8, 4) is 0 Å². The van der Waals surface area contributed by atoms with Gasteiger partial charge in [0.2, 0.25) is 0 Å². The predicted molar refractivity (Wildman–Crippen MR) is 185 cm³/mol. The summed E-state index contributed by atoms with van der Waals surface area (Å²) in [6.45, 7) is 3.89. The third-order valence-electron chi connectivity index (χ3n) is 8.67. The van der Waals surface area contributed by atoms with Crippen LogP contribution in [-0.4, -0.2) is 75.6 Å². The molecule has 282 valence electrons. The molecule has 1 aromatic heterocycles. The molecule has 1 aliphatic heterocycles. The number of carbonyl (C=O) groups is 2. The number of esters is 1. The summed E-state index contributed by atoms with van der Waals surface area (Å²) < 4.78 is 34.6. The standard InChI is InChI=1S/C34H60N3O11P/c1-3-4-5-6-7-8-9-10-11-12-13-14-17-20-29(40)46-26(2)32(41)35-22-18-15-16-19-24-45-31-30(48-49(43)44)27(25-38)47-33(31)37-23-21-28(39)36-34(37)42/h21,23,26-27,30-31,33,38,49H,3-20,22,24-25H2,1-2H3,(H,35,41)(H,43,44)(H,36,39,42)/t26?,27-,30+,31?,33-/m1/s1. The molecule has 6 atom stereocenters. The van der Waals surface area contributed by atoms with Gasteiger partial charge >= 0.3 is 19.9 Å². The summed E-state index contributed by atoms with van der Waals surface area (Å²) in [6.07, 6.45) is 15.2. The minimum Gasteiger partial charge on any atom is -0.453 e. The van der Waals surface area contributed by atoms with Gasteiger partial charge in [-0.05, 0) is 26.2 Å². The van der Waals surface area contributed by atoms with E-state index >= 15 is 0 Å². The Morgan fingerprint density at radius 3 is 2.12 bits per heavy atom. The molecule has 15 heteroatoms. The van der Waals surface area contributed by atoms with Gasteiger partial charge in [-0.3, -0.25) is 28.5 Å². The molecule has 0 saturated carbocycles. The zero-order valence-corrected chi connectivity index (χ0v) is 30.4. The van der Waals surface area contributed by atoms with Crippen molar-refractivity contribution in [1.29, 1.82) is 0 Å². The third kappa shape index (κ3) is 17.4. The number of aromatic nitrogens is 2. The number of aliphatic hydroxyl groups excluding tert-OH is 1. The van der Waals surface area contributed by atoms with Crippen LogP contribution >= 0.6 is 8.25 Å². The number of aliphatic hydroxyl groups is 1. The number of nitrogens with one attached hydrogen (secondary N) is 2. The number of rotatable bonds is 28. The minimum absolute atomic E-state index is 0.200. The first-order valence-electron chi connectivity index (χ1n) is 18.2. The second kappa shape index (κ2) is 25.6. The number of hydrogen-bond donors (Lipinski definition) is 4. The van der Waals surface area contributed by atoms with Gasteiger partial charge in [0.25, 0.3) is 11.5 Å². The first kappa shape index (κ1) is 42.8. The van der Waals surface area contributed by atoms with Crippen molar-refractivity contribution >= 4 is 20.1 Å². The lowest BCUT2D eigenvalue weighted by molar-refractivity contribution is -0.154. The van der Waals surface area contributed by atoms with Crippen LogP contribution in [0.5, 0.6) is 0 Å². The van der Waals surface area contributed by atoms with Gasteiger partial charge in [0.1, 0.15) is 18.3 Å². The van der Waals surface area contributed by atoms with Gasteiger partial charge in [0, 0.05) is 31.8 Å². The molecule has 14 nitrogen and oxygen atoms in total. The highest BCUT2D eigenvalue weighted by Gasteiger charge is 2.48. The summed E-state index contributed by atoms with van der Waals surface area (Å²) >= 11 is 0. The Labute approximate surface area is 290 Å². The van der Waals surface area contributed by atoms with E-state index in [9.17, 15) is 33.7 Å². The molecule has 1 amide bonds. The van der Waals surface area contributed by atoms with E-state index in [2.05, 4.69) is 17.2 Å². The highest BCUT2D eigenvalue weighted by Crippen LogP contribution is 2.37. The van der Waals surface area contributed by atoms with E-state index < -0.39 is 56.8 Å². The summed E-state index contributed by atoms with van der Waals surface area (Å²) in [5.74, 6) is -0.685. The fraction of sp³-hybridized carbons (Fsp3) is 0.824. The lowest BCUT2D eigenvalue weighted by atomic mass is 10.0. The number of unbranched alkanes of at least 4 members (excludes halogenated alkanes) is 15. The van der Waals surface area contributed by atoms with E-state index in [1.807, 2.05) is 0 Å².